The van der Waals surface area contributed by atoms with E-state index < -0.39 is 6.04 Å². The molecule has 2 atom stereocenters. The van der Waals surface area contributed by atoms with Gasteiger partial charge in [0.2, 0.25) is 5.91 Å². The first-order valence-corrected chi connectivity index (χ1v) is 7.16. The lowest BCUT2D eigenvalue weighted by Crippen LogP contribution is -2.37. The van der Waals surface area contributed by atoms with E-state index in [0.29, 0.717) is 0 Å². The van der Waals surface area contributed by atoms with Crippen molar-refractivity contribution in [2.24, 2.45) is 12.8 Å². The van der Waals surface area contributed by atoms with Crippen LogP contribution in [0.4, 0.5) is 0 Å². The molecule has 0 aliphatic heterocycles. The third kappa shape index (κ3) is 2.45. The molecule has 0 saturated carbocycles. The van der Waals surface area contributed by atoms with Crippen molar-refractivity contribution < 1.29 is 4.79 Å². The Bertz CT molecular complexity index is 664. The SMILES string of the molecule is CN(C(=O)C(N)c1cnn(C)c1)C1CCc2ccccc21. The van der Waals surface area contributed by atoms with Crippen molar-refractivity contribution >= 4 is 5.91 Å². The van der Waals surface area contributed by atoms with Crippen LogP contribution in [0.25, 0.3) is 0 Å². The van der Waals surface area contributed by atoms with Crippen molar-refractivity contribution in [3.8, 4) is 0 Å². The maximum Gasteiger partial charge on any atom is 0.244 e. The molecule has 1 heterocycles. The van der Waals surface area contributed by atoms with Crippen LogP contribution < -0.4 is 5.73 Å². The summed E-state index contributed by atoms with van der Waals surface area (Å²) in [5, 5.41) is 4.08. The molecule has 1 aromatic heterocycles. The average molecular weight is 284 g/mol. The molecular weight excluding hydrogens is 264 g/mol. The minimum atomic E-state index is -0.656. The molecule has 5 nitrogen and oxygen atoms in total. The zero-order chi connectivity index (χ0) is 15.0. The summed E-state index contributed by atoms with van der Waals surface area (Å²) < 4.78 is 1.66. The number of hydrogen-bond donors (Lipinski definition) is 1. The lowest BCUT2D eigenvalue weighted by molar-refractivity contribution is -0.133. The normalized spacial score (nSPS) is 18.3. The molecule has 0 spiro atoms. The van der Waals surface area contributed by atoms with Crippen LogP contribution in [0.3, 0.4) is 0 Å². The Kier molecular flexibility index (Phi) is 3.51. The van der Waals surface area contributed by atoms with Crippen molar-refractivity contribution in [2.75, 3.05) is 7.05 Å². The summed E-state index contributed by atoms with van der Waals surface area (Å²) >= 11 is 0. The number of likely N-dealkylation sites (N-methyl/N-ethyl adjacent to an activating group) is 1. The Balaban J connectivity index is 1.79. The van der Waals surface area contributed by atoms with Gasteiger partial charge >= 0.3 is 0 Å². The van der Waals surface area contributed by atoms with E-state index in [2.05, 4.69) is 17.2 Å². The van der Waals surface area contributed by atoms with Gasteiger partial charge in [-0.3, -0.25) is 9.48 Å². The number of hydrogen-bond acceptors (Lipinski definition) is 3. The van der Waals surface area contributed by atoms with Gasteiger partial charge in [0.15, 0.2) is 0 Å². The van der Waals surface area contributed by atoms with Gasteiger partial charge in [0, 0.05) is 25.9 Å². The van der Waals surface area contributed by atoms with Gasteiger partial charge in [-0.25, -0.2) is 0 Å². The standard InChI is InChI=1S/C16H20N4O/c1-19-10-12(9-18-19)15(17)16(21)20(2)14-8-7-11-5-3-4-6-13(11)14/h3-6,9-10,14-15H,7-8,17H2,1-2H3. The molecule has 2 aromatic rings. The number of fused-ring (bicyclic) bond motifs is 1. The number of aromatic nitrogens is 2. The highest BCUT2D eigenvalue weighted by Gasteiger charge is 2.31. The van der Waals surface area contributed by atoms with E-state index in [-0.39, 0.29) is 11.9 Å². The summed E-state index contributed by atoms with van der Waals surface area (Å²) in [6.45, 7) is 0. The molecule has 3 rings (SSSR count). The van der Waals surface area contributed by atoms with E-state index in [9.17, 15) is 4.79 Å². The molecule has 1 amide bonds. The first-order chi connectivity index (χ1) is 10.1. The fourth-order valence-corrected chi connectivity index (χ4v) is 3.05. The summed E-state index contributed by atoms with van der Waals surface area (Å²) in [6.07, 6.45) is 5.42. The van der Waals surface area contributed by atoms with E-state index in [1.165, 1.54) is 11.1 Å². The molecule has 5 heteroatoms. The van der Waals surface area contributed by atoms with Crippen LogP contribution in [-0.2, 0) is 18.3 Å². The number of aryl methyl sites for hydroxylation is 2. The number of amides is 1. The van der Waals surface area contributed by atoms with Crippen LogP contribution >= 0.6 is 0 Å². The highest BCUT2D eigenvalue weighted by molar-refractivity contribution is 5.83. The van der Waals surface area contributed by atoms with Crippen molar-refractivity contribution in [3.05, 3.63) is 53.3 Å². The second-order valence-corrected chi connectivity index (χ2v) is 5.63. The molecule has 0 bridgehead atoms. The Morgan fingerprint density at radius 1 is 1.48 bits per heavy atom. The number of nitrogens with two attached hydrogens (primary N) is 1. The van der Waals surface area contributed by atoms with Gasteiger partial charge in [-0.2, -0.15) is 5.10 Å². The fraction of sp³-hybridized carbons (Fsp3) is 0.375. The molecule has 0 radical (unpaired) electrons. The van der Waals surface area contributed by atoms with E-state index in [1.807, 2.05) is 26.2 Å². The van der Waals surface area contributed by atoms with Crippen molar-refractivity contribution in [3.63, 3.8) is 0 Å². The average Bonchev–Trinajstić information content (AvgIpc) is 3.11. The molecule has 2 unspecified atom stereocenters. The van der Waals surface area contributed by atoms with Crippen LogP contribution in [0.15, 0.2) is 36.7 Å². The molecule has 21 heavy (non-hydrogen) atoms. The van der Waals surface area contributed by atoms with E-state index in [4.69, 9.17) is 5.73 Å². The largest absolute Gasteiger partial charge is 0.337 e. The molecule has 110 valence electrons. The number of carbonyl (C=O) groups excluding carboxylic acids is 1. The number of carbonyl (C=O) groups is 1. The first kappa shape index (κ1) is 13.8. The fourth-order valence-electron chi connectivity index (χ4n) is 3.05. The summed E-state index contributed by atoms with van der Waals surface area (Å²) in [5.41, 5.74) is 9.42. The zero-order valence-corrected chi connectivity index (χ0v) is 12.4. The number of benzene rings is 1. The van der Waals surface area contributed by atoms with Gasteiger partial charge in [-0.05, 0) is 24.0 Å². The predicted octanol–water partition coefficient (Wildman–Crippen LogP) is 1.57. The first-order valence-electron chi connectivity index (χ1n) is 7.16. The molecule has 0 saturated heterocycles. The minimum Gasteiger partial charge on any atom is -0.337 e. The summed E-state index contributed by atoms with van der Waals surface area (Å²) in [5.74, 6) is -0.0651. The maximum absolute atomic E-state index is 12.6. The Labute approximate surface area is 124 Å². The predicted molar refractivity (Wildman–Crippen MR) is 80.4 cm³/mol. The van der Waals surface area contributed by atoms with Crippen molar-refractivity contribution in [2.45, 2.75) is 24.9 Å². The monoisotopic (exact) mass is 284 g/mol. The van der Waals surface area contributed by atoms with Crippen molar-refractivity contribution in [1.82, 2.24) is 14.7 Å². The topological polar surface area (TPSA) is 64.2 Å². The second-order valence-electron chi connectivity index (χ2n) is 5.63. The van der Waals surface area contributed by atoms with Gasteiger partial charge in [0.1, 0.15) is 6.04 Å². The number of rotatable bonds is 3. The molecule has 1 aromatic carbocycles. The molecule has 1 aliphatic carbocycles. The Morgan fingerprint density at radius 3 is 2.95 bits per heavy atom. The van der Waals surface area contributed by atoms with E-state index in [1.54, 1.807) is 22.0 Å². The van der Waals surface area contributed by atoms with Crippen LogP contribution in [0.5, 0.6) is 0 Å². The van der Waals surface area contributed by atoms with Gasteiger partial charge < -0.3 is 10.6 Å². The lowest BCUT2D eigenvalue weighted by Gasteiger charge is -2.27. The smallest absolute Gasteiger partial charge is 0.244 e. The Morgan fingerprint density at radius 2 is 2.24 bits per heavy atom. The Hall–Kier alpha value is -2.14. The third-order valence-corrected chi connectivity index (χ3v) is 4.27. The lowest BCUT2D eigenvalue weighted by atomic mass is 10.1. The third-order valence-electron chi connectivity index (χ3n) is 4.27. The van der Waals surface area contributed by atoms with Crippen LogP contribution in [0.2, 0.25) is 0 Å². The summed E-state index contributed by atoms with van der Waals surface area (Å²) in [7, 11) is 3.66. The minimum absolute atomic E-state index is 0.0651. The molecule has 1 aliphatic rings. The highest BCUT2D eigenvalue weighted by atomic mass is 16.2. The van der Waals surface area contributed by atoms with Gasteiger partial charge in [0.25, 0.3) is 0 Å². The van der Waals surface area contributed by atoms with Crippen LogP contribution in [0.1, 0.15) is 35.2 Å². The van der Waals surface area contributed by atoms with E-state index >= 15 is 0 Å². The zero-order valence-electron chi connectivity index (χ0n) is 12.4. The summed E-state index contributed by atoms with van der Waals surface area (Å²) in [4.78, 5) is 14.4. The van der Waals surface area contributed by atoms with Gasteiger partial charge in [-0.1, -0.05) is 24.3 Å². The van der Waals surface area contributed by atoms with Crippen LogP contribution in [-0.4, -0.2) is 27.6 Å². The van der Waals surface area contributed by atoms with Gasteiger partial charge in [-0.15, -0.1) is 0 Å². The second kappa shape index (κ2) is 5.33. The summed E-state index contributed by atoms with van der Waals surface area (Å²) in [6, 6.07) is 7.77. The van der Waals surface area contributed by atoms with Crippen molar-refractivity contribution in [1.29, 1.82) is 0 Å². The quantitative estimate of drug-likeness (QED) is 0.930. The van der Waals surface area contributed by atoms with Crippen LogP contribution in [0, 0.1) is 0 Å². The molecule has 2 N–H and O–H groups in total. The molecule has 0 fully saturated rings. The highest BCUT2D eigenvalue weighted by Crippen LogP contribution is 2.35. The molecular formula is C16H20N4O. The van der Waals surface area contributed by atoms with E-state index in [0.717, 1.165) is 18.4 Å². The van der Waals surface area contributed by atoms with Gasteiger partial charge in [0.05, 0.1) is 12.2 Å². The number of nitrogens with zero attached hydrogens (tertiary/aromatic N) is 3. The maximum atomic E-state index is 12.6.